The van der Waals surface area contributed by atoms with Crippen molar-refractivity contribution in [3.05, 3.63) is 43.0 Å². The van der Waals surface area contributed by atoms with Gasteiger partial charge in [-0.25, -0.2) is 0 Å². The number of H-pyrrole nitrogens is 1. The average Bonchev–Trinajstić information content (AvgIpc) is 2.82. The second-order valence-corrected chi connectivity index (χ2v) is 3.68. The second-order valence-electron chi connectivity index (χ2n) is 3.68. The number of rotatable bonds is 2. The van der Waals surface area contributed by atoms with Crippen molar-refractivity contribution in [3.63, 3.8) is 0 Å². The SMILES string of the molecule is COc1[nH]cc2cccc(-c3cnccn3)c12. The number of fused-ring (bicyclic) bond motifs is 1. The van der Waals surface area contributed by atoms with E-state index in [4.69, 9.17) is 4.74 Å². The Balaban J connectivity index is 2.33. The molecule has 4 nitrogen and oxygen atoms in total. The number of nitrogens with one attached hydrogen (secondary N) is 1. The van der Waals surface area contributed by atoms with E-state index in [1.165, 1.54) is 0 Å². The molecule has 0 spiro atoms. The normalized spacial score (nSPS) is 10.6. The van der Waals surface area contributed by atoms with Gasteiger partial charge in [-0.15, -0.1) is 0 Å². The number of hydrogen-bond acceptors (Lipinski definition) is 3. The fourth-order valence-corrected chi connectivity index (χ4v) is 1.97. The Bertz CT molecular complexity index is 646. The highest BCUT2D eigenvalue weighted by Gasteiger charge is 2.11. The van der Waals surface area contributed by atoms with Gasteiger partial charge in [0.2, 0.25) is 0 Å². The maximum absolute atomic E-state index is 5.33. The first-order chi connectivity index (χ1) is 8.40. The van der Waals surface area contributed by atoms with Crippen LogP contribution in [0.2, 0.25) is 0 Å². The van der Waals surface area contributed by atoms with Crippen LogP contribution in [-0.2, 0) is 0 Å². The van der Waals surface area contributed by atoms with Crippen LogP contribution in [-0.4, -0.2) is 22.1 Å². The molecule has 2 heterocycles. The second kappa shape index (κ2) is 3.90. The van der Waals surface area contributed by atoms with Crippen LogP contribution in [0, 0.1) is 0 Å². The number of methoxy groups -OCH3 is 1. The lowest BCUT2D eigenvalue weighted by Crippen LogP contribution is -1.87. The first-order valence-corrected chi connectivity index (χ1v) is 5.30. The summed E-state index contributed by atoms with van der Waals surface area (Å²) in [7, 11) is 1.65. The molecule has 0 aliphatic carbocycles. The van der Waals surface area contributed by atoms with Gasteiger partial charge in [-0.05, 0) is 0 Å². The van der Waals surface area contributed by atoms with Crippen molar-refractivity contribution >= 4 is 10.8 Å². The number of benzene rings is 1. The number of ether oxygens (including phenoxy) is 1. The van der Waals surface area contributed by atoms with Gasteiger partial charge < -0.3 is 9.72 Å². The van der Waals surface area contributed by atoms with Crippen molar-refractivity contribution in [2.75, 3.05) is 7.11 Å². The largest absolute Gasteiger partial charge is 0.482 e. The zero-order valence-electron chi connectivity index (χ0n) is 9.34. The molecule has 0 fully saturated rings. The number of hydrogen-bond donors (Lipinski definition) is 1. The highest BCUT2D eigenvalue weighted by Crippen LogP contribution is 2.33. The molecule has 0 bridgehead atoms. The maximum Gasteiger partial charge on any atom is 0.199 e. The van der Waals surface area contributed by atoms with Crippen molar-refractivity contribution < 1.29 is 4.74 Å². The summed E-state index contributed by atoms with van der Waals surface area (Å²) in [4.78, 5) is 11.5. The molecular weight excluding hydrogens is 214 g/mol. The quantitative estimate of drug-likeness (QED) is 0.729. The molecule has 3 aromatic rings. The van der Waals surface area contributed by atoms with Crippen molar-refractivity contribution in [1.29, 1.82) is 0 Å². The van der Waals surface area contributed by atoms with Gasteiger partial charge in [0.15, 0.2) is 5.88 Å². The van der Waals surface area contributed by atoms with Crippen LogP contribution < -0.4 is 4.74 Å². The third kappa shape index (κ3) is 1.54. The van der Waals surface area contributed by atoms with Gasteiger partial charge in [-0.1, -0.05) is 18.2 Å². The molecule has 2 aromatic heterocycles. The molecule has 1 aromatic carbocycles. The Kier molecular flexibility index (Phi) is 2.26. The van der Waals surface area contributed by atoms with Gasteiger partial charge in [0.25, 0.3) is 0 Å². The first-order valence-electron chi connectivity index (χ1n) is 5.30. The molecule has 84 valence electrons. The van der Waals surface area contributed by atoms with Crippen LogP contribution in [0.4, 0.5) is 0 Å². The monoisotopic (exact) mass is 225 g/mol. The highest BCUT2D eigenvalue weighted by atomic mass is 16.5. The molecule has 4 heteroatoms. The van der Waals surface area contributed by atoms with E-state index in [1.807, 2.05) is 24.4 Å². The molecule has 3 rings (SSSR count). The number of aromatic nitrogens is 3. The van der Waals surface area contributed by atoms with Gasteiger partial charge in [-0.3, -0.25) is 9.97 Å². The van der Waals surface area contributed by atoms with E-state index in [2.05, 4.69) is 15.0 Å². The lowest BCUT2D eigenvalue weighted by atomic mass is 10.1. The van der Waals surface area contributed by atoms with Crippen molar-refractivity contribution in [3.8, 4) is 17.1 Å². The van der Waals surface area contributed by atoms with E-state index < -0.39 is 0 Å². The summed E-state index contributed by atoms with van der Waals surface area (Å²) in [5.74, 6) is 0.751. The number of nitrogens with zero attached hydrogens (tertiary/aromatic N) is 2. The molecule has 0 unspecified atom stereocenters. The van der Waals surface area contributed by atoms with Crippen molar-refractivity contribution in [2.45, 2.75) is 0 Å². The summed E-state index contributed by atoms with van der Waals surface area (Å²) in [5, 5.41) is 2.14. The fraction of sp³-hybridized carbons (Fsp3) is 0.0769. The minimum atomic E-state index is 0.751. The topological polar surface area (TPSA) is 50.8 Å². The molecular formula is C13H11N3O. The minimum absolute atomic E-state index is 0.751. The molecule has 0 aliphatic rings. The molecule has 0 amide bonds. The van der Waals surface area contributed by atoms with E-state index in [0.717, 1.165) is 27.9 Å². The van der Waals surface area contributed by atoms with Crippen LogP contribution in [0.1, 0.15) is 0 Å². The number of aromatic amines is 1. The summed E-state index contributed by atoms with van der Waals surface area (Å²) in [6.07, 6.45) is 7.03. The third-order valence-electron chi connectivity index (χ3n) is 2.73. The first kappa shape index (κ1) is 9.84. The Morgan fingerprint density at radius 3 is 2.94 bits per heavy atom. The molecule has 0 saturated carbocycles. The smallest absolute Gasteiger partial charge is 0.199 e. The van der Waals surface area contributed by atoms with Crippen LogP contribution >= 0.6 is 0 Å². The third-order valence-corrected chi connectivity index (χ3v) is 2.73. The molecule has 1 N–H and O–H groups in total. The summed E-state index contributed by atoms with van der Waals surface area (Å²) >= 11 is 0. The van der Waals surface area contributed by atoms with Crippen LogP contribution in [0.15, 0.2) is 43.0 Å². The average molecular weight is 225 g/mol. The van der Waals surface area contributed by atoms with Gasteiger partial charge in [-0.2, -0.15) is 0 Å². The van der Waals surface area contributed by atoms with Gasteiger partial charge in [0.05, 0.1) is 24.4 Å². The lowest BCUT2D eigenvalue weighted by Gasteiger charge is -2.04. The van der Waals surface area contributed by atoms with Gasteiger partial charge in [0, 0.05) is 29.5 Å². The van der Waals surface area contributed by atoms with Gasteiger partial charge in [0.1, 0.15) is 0 Å². The van der Waals surface area contributed by atoms with Crippen LogP contribution in [0.5, 0.6) is 5.88 Å². The zero-order valence-corrected chi connectivity index (χ0v) is 9.34. The van der Waals surface area contributed by atoms with Gasteiger partial charge >= 0.3 is 0 Å². The molecule has 0 atom stereocenters. The van der Waals surface area contributed by atoms with E-state index in [-0.39, 0.29) is 0 Å². The maximum atomic E-state index is 5.33. The standard InChI is InChI=1S/C13H11N3O/c1-17-13-12-9(7-16-13)3-2-4-10(12)11-8-14-5-6-15-11/h2-8,16H,1H3. The van der Waals surface area contributed by atoms with E-state index in [0.29, 0.717) is 0 Å². The predicted molar refractivity (Wildman–Crippen MR) is 65.9 cm³/mol. The summed E-state index contributed by atoms with van der Waals surface area (Å²) in [6, 6.07) is 6.05. The van der Waals surface area contributed by atoms with Crippen molar-refractivity contribution in [2.24, 2.45) is 0 Å². The van der Waals surface area contributed by atoms with E-state index >= 15 is 0 Å². The van der Waals surface area contributed by atoms with E-state index in [1.54, 1.807) is 25.7 Å². The summed E-state index contributed by atoms with van der Waals surface area (Å²) in [6.45, 7) is 0. The molecule has 17 heavy (non-hydrogen) atoms. The minimum Gasteiger partial charge on any atom is -0.482 e. The Hall–Kier alpha value is -2.36. The summed E-state index contributed by atoms with van der Waals surface area (Å²) < 4.78 is 5.33. The summed E-state index contributed by atoms with van der Waals surface area (Å²) in [5.41, 5.74) is 1.87. The zero-order chi connectivity index (χ0) is 11.7. The highest BCUT2D eigenvalue weighted by molar-refractivity contribution is 5.99. The molecule has 0 saturated heterocycles. The molecule has 0 radical (unpaired) electrons. The molecule has 0 aliphatic heterocycles. The van der Waals surface area contributed by atoms with E-state index in [9.17, 15) is 0 Å². The van der Waals surface area contributed by atoms with Crippen LogP contribution in [0.25, 0.3) is 22.0 Å². The Labute approximate surface area is 98.3 Å². The Morgan fingerprint density at radius 2 is 2.18 bits per heavy atom. The predicted octanol–water partition coefficient (Wildman–Crippen LogP) is 2.63. The Morgan fingerprint density at radius 1 is 1.24 bits per heavy atom. The fourth-order valence-electron chi connectivity index (χ4n) is 1.97. The van der Waals surface area contributed by atoms with Crippen molar-refractivity contribution in [1.82, 2.24) is 15.0 Å². The lowest BCUT2D eigenvalue weighted by molar-refractivity contribution is 0.405. The van der Waals surface area contributed by atoms with Crippen LogP contribution in [0.3, 0.4) is 0 Å².